The maximum atomic E-state index is 12.6. The molecule has 5 atom stereocenters. The number of amides is 2. The number of esters is 1. The third kappa shape index (κ3) is 2.79. The highest BCUT2D eigenvalue weighted by atomic mass is 16.8. The Bertz CT molecular complexity index is 582. The van der Waals surface area contributed by atoms with Gasteiger partial charge in [-0.1, -0.05) is 5.11 Å². The molecule has 0 aromatic carbocycles. The predicted octanol–water partition coefficient (Wildman–Crippen LogP) is 0.562. The Labute approximate surface area is 139 Å². The highest BCUT2D eigenvalue weighted by Crippen LogP contribution is 2.48. The van der Waals surface area contributed by atoms with Crippen molar-refractivity contribution < 1.29 is 28.6 Å². The summed E-state index contributed by atoms with van der Waals surface area (Å²) in [6, 6.07) is -1.42. The van der Waals surface area contributed by atoms with Gasteiger partial charge in [0.1, 0.15) is 18.1 Å². The van der Waals surface area contributed by atoms with E-state index in [9.17, 15) is 9.59 Å². The molecular weight excluding hydrogens is 320 g/mol. The number of nitrogens with two attached hydrogens (primary N) is 1. The standard InChI is InChI=1S/C14H22N4O6/c1-5-21-11(19)8-9-10-7(22-13(2,3)23-10)6-18(9)24-14(8,4)17-16-12(15)20/h7-10H,5-6H2,1-4H3,(H2,15,20)/b17-16+/t7-,8+,9+,10-,14-/m1/s1. The van der Waals surface area contributed by atoms with Gasteiger partial charge in [0, 0.05) is 0 Å². The van der Waals surface area contributed by atoms with Gasteiger partial charge >= 0.3 is 12.0 Å². The quantitative estimate of drug-likeness (QED) is 0.587. The van der Waals surface area contributed by atoms with Crippen molar-refractivity contribution >= 4 is 12.0 Å². The molecule has 10 heteroatoms. The maximum Gasteiger partial charge on any atom is 0.356 e. The average molecular weight is 342 g/mol. The van der Waals surface area contributed by atoms with Crippen LogP contribution in [-0.2, 0) is 23.8 Å². The van der Waals surface area contributed by atoms with Gasteiger partial charge in [-0.25, -0.2) is 4.79 Å². The number of hydroxylamine groups is 2. The topological polar surface area (TPSA) is 125 Å². The Hall–Kier alpha value is -1.62. The lowest BCUT2D eigenvalue weighted by Crippen LogP contribution is -2.46. The summed E-state index contributed by atoms with van der Waals surface area (Å²) < 4.78 is 17.0. The fourth-order valence-corrected chi connectivity index (χ4v) is 3.64. The van der Waals surface area contributed by atoms with Crippen molar-refractivity contribution in [2.24, 2.45) is 21.9 Å². The average Bonchev–Trinajstić information content (AvgIpc) is 3.00. The number of hydrogen-bond acceptors (Lipinski definition) is 8. The van der Waals surface area contributed by atoms with Crippen molar-refractivity contribution in [2.75, 3.05) is 13.2 Å². The molecular formula is C14H22N4O6. The van der Waals surface area contributed by atoms with Gasteiger partial charge in [-0.3, -0.25) is 9.63 Å². The molecule has 3 aliphatic rings. The van der Waals surface area contributed by atoms with Gasteiger partial charge in [0.2, 0.25) is 5.72 Å². The molecule has 0 aromatic rings. The van der Waals surface area contributed by atoms with E-state index in [2.05, 4.69) is 10.2 Å². The Morgan fingerprint density at radius 2 is 2.04 bits per heavy atom. The molecule has 3 aliphatic heterocycles. The summed E-state index contributed by atoms with van der Waals surface area (Å²) in [6.07, 6.45) is -0.598. The second kappa shape index (κ2) is 5.73. The number of carbonyl (C=O) groups is 2. The second-order valence-corrected chi connectivity index (χ2v) is 6.64. The molecule has 10 nitrogen and oxygen atoms in total. The van der Waals surface area contributed by atoms with Crippen LogP contribution in [0, 0.1) is 5.92 Å². The number of fused-ring (bicyclic) bond motifs is 3. The van der Waals surface area contributed by atoms with Crippen LogP contribution in [0.15, 0.2) is 10.2 Å². The molecule has 0 spiro atoms. The minimum Gasteiger partial charge on any atom is -0.466 e. The summed E-state index contributed by atoms with van der Waals surface area (Å²) in [7, 11) is 0. The molecule has 134 valence electrons. The van der Waals surface area contributed by atoms with Crippen LogP contribution >= 0.6 is 0 Å². The molecule has 0 aromatic heterocycles. The molecule has 24 heavy (non-hydrogen) atoms. The largest absolute Gasteiger partial charge is 0.466 e. The number of ether oxygens (including phenoxy) is 3. The van der Waals surface area contributed by atoms with Crippen molar-refractivity contribution in [1.82, 2.24) is 5.06 Å². The Kier molecular flexibility index (Phi) is 4.11. The second-order valence-electron chi connectivity index (χ2n) is 6.64. The van der Waals surface area contributed by atoms with E-state index in [1.54, 1.807) is 18.9 Å². The Balaban J connectivity index is 1.92. The Morgan fingerprint density at radius 3 is 2.67 bits per heavy atom. The third-order valence-corrected chi connectivity index (χ3v) is 4.36. The van der Waals surface area contributed by atoms with Gasteiger partial charge in [0.15, 0.2) is 5.79 Å². The van der Waals surface area contributed by atoms with E-state index in [4.69, 9.17) is 24.8 Å². The van der Waals surface area contributed by atoms with Crippen LogP contribution in [0.1, 0.15) is 27.7 Å². The van der Waals surface area contributed by atoms with Gasteiger partial charge in [0.25, 0.3) is 0 Å². The monoisotopic (exact) mass is 342 g/mol. The normalized spacial score (nSPS) is 40.7. The highest BCUT2D eigenvalue weighted by Gasteiger charge is 2.67. The van der Waals surface area contributed by atoms with Crippen LogP contribution < -0.4 is 5.73 Å². The van der Waals surface area contributed by atoms with Crippen LogP contribution in [0.4, 0.5) is 4.79 Å². The molecule has 2 amide bonds. The van der Waals surface area contributed by atoms with Gasteiger partial charge in [0.05, 0.1) is 19.2 Å². The predicted molar refractivity (Wildman–Crippen MR) is 78.4 cm³/mol. The van der Waals surface area contributed by atoms with Crippen LogP contribution in [0.3, 0.4) is 0 Å². The molecule has 0 saturated carbocycles. The summed E-state index contributed by atoms with van der Waals surface area (Å²) in [4.78, 5) is 29.3. The summed E-state index contributed by atoms with van der Waals surface area (Å²) in [5.41, 5.74) is 3.62. The van der Waals surface area contributed by atoms with Crippen LogP contribution in [0.2, 0.25) is 0 Å². The molecule has 0 aliphatic carbocycles. The minimum absolute atomic E-state index is 0.210. The first-order chi connectivity index (χ1) is 11.2. The molecule has 0 unspecified atom stereocenters. The van der Waals surface area contributed by atoms with E-state index in [-0.39, 0.29) is 18.8 Å². The smallest absolute Gasteiger partial charge is 0.356 e. The summed E-state index contributed by atoms with van der Waals surface area (Å²) in [5, 5.41) is 8.81. The first-order valence-corrected chi connectivity index (χ1v) is 7.87. The molecule has 0 radical (unpaired) electrons. The number of carbonyl (C=O) groups excluding carboxylic acids is 2. The van der Waals surface area contributed by atoms with Crippen LogP contribution in [0.25, 0.3) is 0 Å². The lowest BCUT2D eigenvalue weighted by molar-refractivity contribution is -0.221. The van der Waals surface area contributed by atoms with E-state index in [1.165, 1.54) is 0 Å². The summed E-state index contributed by atoms with van der Waals surface area (Å²) in [6.45, 7) is 7.53. The van der Waals surface area contributed by atoms with E-state index in [0.29, 0.717) is 6.54 Å². The number of rotatable bonds is 3. The van der Waals surface area contributed by atoms with Crippen molar-refractivity contribution in [3.05, 3.63) is 0 Å². The lowest BCUT2D eigenvalue weighted by atomic mass is 9.88. The zero-order chi connectivity index (χ0) is 17.7. The van der Waals surface area contributed by atoms with E-state index >= 15 is 0 Å². The number of azo groups is 1. The highest BCUT2D eigenvalue weighted by molar-refractivity contribution is 5.76. The number of urea groups is 1. The number of hydrogen-bond donors (Lipinski definition) is 1. The van der Waals surface area contributed by atoms with Crippen LogP contribution in [-0.4, -0.2) is 60.0 Å². The van der Waals surface area contributed by atoms with Crippen molar-refractivity contribution in [1.29, 1.82) is 0 Å². The molecule has 3 fully saturated rings. The van der Waals surface area contributed by atoms with Crippen molar-refractivity contribution in [3.8, 4) is 0 Å². The SMILES string of the molecule is CCOC(=O)[C@@H]1[C@H]2[C@@H]3OC(C)(C)O[C@@H]3CN2O[C@@]1(C)/N=N/C(N)=O. The van der Waals surface area contributed by atoms with Gasteiger partial charge in [-0.05, 0) is 27.7 Å². The third-order valence-electron chi connectivity index (χ3n) is 4.36. The zero-order valence-electron chi connectivity index (χ0n) is 14.1. The fourth-order valence-electron chi connectivity index (χ4n) is 3.64. The van der Waals surface area contributed by atoms with Crippen LogP contribution in [0.5, 0.6) is 0 Å². The maximum absolute atomic E-state index is 12.6. The van der Waals surface area contributed by atoms with Gasteiger partial charge in [-0.2, -0.15) is 5.06 Å². The van der Waals surface area contributed by atoms with Crippen molar-refractivity contribution in [3.63, 3.8) is 0 Å². The van der Waals surface area contributed by atoms with E-state index in [1.807, 2.05) is 13.8 Å². The molecule has 3 heterocycles. The molecule has 0 bridgehead atoms. The number of primary amides is 1. The molecule has 2 N–H and O–H groups in total. The number of nitrogens with zero attached hydrogens (tertiary/aromatic N) is 3. The summed E-state index contributed by atoms with van der Waals surface area (Å²) in [5.74, 6) is -2.06. The minimum atomic E-state index is -1.40. The van der Waals surface area contributed by atoms with Gasteiger partial charge < -0.3 is 19.9 Å². The fraction of sp³-hybridized carbons (Fsp3) is 0.857. The summed E-state index contributed by atoms with van der Waals surface area (Å²) >= 11 is 0. The lowest BCUT2D eigenvalue weighted by Gasteiger charge is -2.26. The molecule has 3 rings (SSSR count). The molecule has 3 saturated heterocycles. The van der Waals surface area contributed by atoms with Gasteiger partial charge in [-0.15, -0.1) is 5.11 Å². The van der Waals surface area contributed by atoms with Crippen molar-refractivity contribution in [2.45, 2.75) is 57.5 Å². The first kappa shape index (κ1) is 17.2. The van der Waals surface area contributed by atoms with E-state index < -0.39 is 35.5 Å². The van der Waals surface area contributed by atoms with E-state index in [0.717, 1.165) is 0 Å². The Morgan fingerprint density at radius 1 is 1.33 bits per heavy atom. The zero-order valence-corrected chi connectivity index (χ0v) is 14.1. The first-order valence-electron chi connectivity index (χ1n) is 7.87.